The van der Waals surface area contributed by atoms with Crippen molar-refractivity contribution in [1.29, 1.82) is 0 Å². The number of sulfonamides is 1. The second-order valence-electron chi connectivity index (χ2n) is 4.31. The molecule has 106 valence electrons. The molecule has 2 rings (SSSR count). The molecule has 0 bridgehead atoms. The standard InChI is InChI=1S/C13H15N3O3S/c1-3-20(18,19)16-11-6-4-10(5-7-11)12-8-13(17)15-14-9(12)2/h4-8,16H,3H2,1-2H3,(H,15,17). The monoisotopic (exact) mass is 293 g/mol. The van der Waals surface area contributed by atoms with E-state index in [9.17, 15) is 13.2 Å². The zero-order valence-corrected chi connectivity index (χ0v) is 12.0. The van der Waals surface area contributed by atoms with Crippen LogP contribution >= 0.6 is 0 Å². The summed E-state index contributed by atoms with van der Waals surface area (Å²) >= 11 is 0. The number of rotatable bonds is 4. The van der Waals surface area contributed by atoms with Crippen LogP contribution in [0.15, 0.2) is 35.1 Å². The van der Waals surface area contributed by atoms with Crippen LogP contribution in [0.3, 0.4) is 0 Å². The van der Waals surface area contributed by atoms with E-state index in [1.807, 2.05) is 0 Å². The van der Waals surface area contributed by atoms with Crippen LogP contribution in [0.2, 0.25) is 0 Å². The molecule has 1 aromatic carbocycles. The molecule has 7 heteroatoms. The van der Waals surface area contributed by atoms with E-state index < -0.39 is 10.0 Å². The maximum atomic E-state index is 11.5. The van der Waals surface area contributed by atoms with Crippen molar-refractivity contribution in [2.75, 3.05) is 10.5 Å². The van der Waals surface area contributed by atoms with Crippen molar-refractivity contribution in [3.05, 3.63) is 46.4 Å². The Morgan fingerprint density at radius 3 is 2.50 bits per heavy atom. The fraction of sp³-hybridized carbons (Fsp3) is 0.231. The van der Waals surface area contributed by atoms with E-state index in [-0.39, 0.29) is 11.3 Å². The highest BCUT2D eigenvalue weighted by Crippen LogP contribution is 2.22. The first kappa shape index (κ1) is 14.3. The lowest BCUT2D eigenvalue weighted by atomic mass is 10.1. The van der Waals surface area contributed by atoms with Gasteiger partial charge >= 0.3 is 0 Å². The van der Waals surface area contributed by atoms with Gasteiger partial charge < -0.3 is 0 Å². The molecule has 2 N–H and O–H groups in total. The topological polar surface area (TPSA) is 91.9 Å². The Kier molecular flexibility index (Phi) is 3.89. The van der Waals surface area contributed by atoms with Crippen molar-refractivity contribution in [3.8, 4) is 11.1 Å². The average molecular weight is 293 g/mol. The zero-order valence-electron chi connectivity index (χ0n) is 11.2. The van der Waals surface area contributed by atoms with E-state index in [0.29, 0.717) is 11.4 Å². The van der Waals surface area contributed by atoms with Gasteiger partial charge in [-0.3, -0.25) is 9.52 Å². The van der Waals surface area contributed by atoms with Gasteiger partial charge in [0.1, 0.15) is 0 Å². The third kappa shape index (κ3) is 3.24. The molecule has 0 unspecified atom stereocenters. The van der Waals surface area contributed by atoms with E-state index in [2.05, 4.69) is 14.9 Å². The minimum atomic E-state index is -3.28. The van der Waals surface area contributed by atoms with Crippen LogP contribution in [0.4, 0.5) is 5.69 Å². The van der Waals surface area contributed by atoms with E-state index in [1.165, 1.54) is 6.07 Å². The highest BCUT2D eigenvalue weighted by Gasteiger charge is 2.08. The molecule has 1 aromatic heterocycles. The van der Waals surface area contributed by atoms with Crippen molar-refractivity contribution in [3.63, 3.8) is 0 Å². The second-order valence-corrected chi connectivity index (χ2v) is 6.33. The van der Waals surface area contributed by atoms with Gasteiger partial charge in [0.2, 0.25) is 10.0 Å². The summed E-state index contributed by atoms with van der Waals surface area (Å²) in [6, 6.07) is 8.27. The summed E-state index contributed by atoms with van der Waals surface area (Å²) < 4.78 is 25.4. The number of aromatic nitrogens is 2. The molecule has 0 amide bonds. The highest BCUT2D eigenvalue weighted by molar-refractivity contribution is 7.92. The smallest absolute Gasteiger partial charge is 0.264 e. The molecule has 0 saturated heterocycles. The predicted octanol–water partition coefficient (Wildman–Crippen LogP) is 1.51. The predicted molar refractivity (Wildman–Crippen MR) is 78.1 cm³/mol. The molecular formula is C13H15N3O3S. The number of hydrogen-bond donors (Lipinski definition) is 2. The number of hydrogen-bond acceptors (Lipinski definition) is 4. The Labute approximate surface area is 116 Å². The molecule has 0 aliphatic rings. The summed E-state index contributed by atoms with van der Waals surface area (Å²) in [4.78, 5) is 11.3. The number of benzene rings is 1. The third-order valence-electron chi connectivity index (χ3n) is 2.85. The summed E-state index contributed by atoms with van der Waals surface area (Å²) in [7, 11) is -3.28. The summed E-state index contributed by atoms with van der Waals surface area (Å²) in [5.74, 6) is 0.0197. The van der Waals surface area contributed by atoms with Gasteiger partial charge in [0.25, 0.3) is 5.56 Å². The first-order valence-electron chi connectivity index (χ1n) is 6.08. The lowest BCUT2D eigenvalue weighted by molar-refractivity contribution is 0.602. The first-order chi connectivity index (χ1) is 9.41. The Morgan fingerprint density at radius 2 is 1.90 bits per heavy atom. The summed E-state index contributed by atoms with van der Waals surface area (Å²) in [5, 5.41) is 6.26. The number of aromatic amines is 1. The molecule has 6 nitrogen and oxygen atoms in total. The molecule has 20 heavy (non-hydrogen) atoms. The van der Waals surface area contributed by atoms with Crippen LogP contribution in [0.5, 0.6) is 0 Å². The Hall–Kier alpha value is -2.15. The molecule has 1 heterocycles. The van der Waals surface area contributed by atoms with Gasteiger partial charge in [0.15, 0.2) is 0 Å². The fourth-order valence-electron chi connectivity index (χ4n) is 1.73. The van der Waals surface area contributed by atoms with E-state index >= 15 is 0 Å². The number of aryl methyl sites for hydroxylation is 1. The van der Waals surface area contributed by atoms with E-state index in [1.54, 1.807) is 38.1 Å². The molecule has 0 radical (unpaired) electrons. The van der Waals surface area contributed by atoms with Crippen LogP contribution in [0.1, 0.15) is 12.6 Å². The Morgan fingerprint density at radius 1 is 1.25 bits per heavy atom. The molecule has 0 aliphatic heterocycles. The van der Waals surface area contributed by atoms with Gasteiger partial charge in [-0.2, -0.15) is 5.10 Å². The molecule has 0 atom stereocenters. The van der Waals surface area contributed by atoms with Crippen molar-refractivity contribution in [2.45, 2.75) is 13.8 Å². The number of nitrogens with one attached hydrogen (secondary N) is 2. The van der Waals surface area contributed by atoms with Gasteiger partial charge in [0, 0.05) is 17.3 Å². The maximum absolute atomic E-state index is 11.5. The Balaban J connectivity index is 2.33. The number of anilines is 1. The van der Waals surface area contributed by atoms with Gasteiger partial charge in [-0.15, -0.1) is 0 Å². The lowest BCUT2D eigenvalue weighted by Gasteiger charge is -2.08. The fourth-order valence-corrected chi connectivity index (χ4v) is 2.37. The third-order valence-corrected chi connectivity index (χ3v) is 4.16. The van der Waals surface area contributed by atoms with Crippen LogP contribution in [-0.4, -0.2) is 24.4 Å². The van der Waals surface area contributed by atoms with Gasteiger partial charge in [-0.05, 0) is 31.5 Å². The highest BCUT2D eigenvalue weighted by atomic mass is 32.2. The lowest BCUT2D eigenvalue weighted by Crippen LogP contribution is -2.14. The molecule has 0 fully saturated rings. The van der Waals surface area contributed by atoms with Crippen LogP contribution in [0.25, 0.3) is 11.1 Å². The summed E-state index contributed by atoms with van der Waals surface area (Å²) in [6.07, 6.45) is 0. The maximum Gasteiger partial charge on any atom is 0.264 e. The van der Waals surface area contributed by atoms with Crippen molar-refractivity contribution >= 4 is 15.7 Å². The average Bonchev–Trinajstić information content (AvgIpc) is 2.42. The molecule has 0 spiro atoms. The van der Waals surface area contributed by atoms with Crippen LogP contribution in [-0.2, 0) is 10.0 Å². The van der Waals surface area contributed by atoms with Gasteiger partial charge in [-0.25, -0.2) is 13.5 Å². The van der Waals surface area contributed by atoms with Crippen molar-refractivity contribution in [1.82, 2.24) is 10.2 Å². The molecule has 0 saturated carbocycles. The van der Waals surface area contributed by atoms with Gasteiger partial charge in [-0.1, -0.05) is 12.1 Å². The van der Waals surface area contributed by atoms with Gasteiger partial charge in [0.05, 0.1) is 11.4 Å². The van der Waals surface area contributed by atoms with E-state index in [0.717, 1.165) is 11.1 Å². The van der Waals surface area contributed by atoms with Crippen LogP contribution in [0, 0.1) is 6.92 Å². The first-order valence-corrected chi connectivity index (χ1v) is 7.74. The molecule has 0 aliphatic carbocycles. The summed E-state index contributed by atoms with van der Waals surface area (Å²) in [5.41, 5.74) is 2.44. The minimum absolute atomic E-state index is 0.0197. The van der Waals surface area contributed by atoms with E-state index in [4.69, 9.17) is 0 Å². The largest absolute Gasteiger partial charge is 0.284 e. The quantitative estimate of drug-likeness (QED) is 0.893. The molecule has 2 aromatic rings. The second kappa shape index (κ2) is 5.46. The SMILES string of the molecule is CCS(=O)(=O)Nc1ccc(-c2cc(=O)[nH]nc2C)cc1. The molecular weight excluding hydrogens is 278 g/mol. The summed E-state index contributed by atoms with van der Waals surface area (Å²) in [6.45, 7) is 3.36. The van der Waals surface area contributed by atoms with Crippen molar-refractivity contribution < 1.29 is 8.42 Å². The normalized spacial score (nSPS) is 11.3. The zero-order chi connectivity index (χ0) is 14.8. The Bertz CT molecular complexity index is 764. The van der Waals surface area contributed by atoms with Crippen molar-refractivity contribution in [2.24, 2.45) is 0 Å². The number of H-pyrrole nitrogens is 1. The number of nitrogens with zero attached hydrogens (tertiary/aromatic N) is 1. The minimum Gasteiger partial charge on any atom is -0.284 e. The van der Waals surface area contributed by atoms with Crippen LogP contribution < -0.4 is 10.3 Å².